The molecular formula is C16H15N3O2. The average Bonchev–Trinajstić information content (AvgIpc) is 2.48. The van der Waals surface area contributed by atoms with Gasteiger partial charge in [0.2, 0.25) is 0 Å². The molecule has 0 unspecified atom stereocenters. The summed E-state index contributed by atoms with van der Waals surface area (Å²) in [4.78, 5) is 4.10. The highest BCUT2D eigenvalue weighted by Crippen LogP contribution is 2.13. The Morgan fingerprint density at radius 1 is 0.857 bits per heavy atom. The lowest BCUT2D eigenvalue weighted by Gasteiger charge is -1.96. The number of aromatic hydroxyl groups is 2. The number of hydrogen-bond donors (Lipinski definition) is 2. The Kier molecular flexibility index (Phi) is 4.82. The topological polar surface area (TPSA) is 77.5 Å². The van der Waals surface area contributed by atoms with Gasteiger partial charge >= 0.3 is 0 Å². The predicted molar refractivity (Wildman–Crippen MR) is 84.5 cm³/mol. The molecule has 0 radical (unpaired) electrons. The van der Waals surface area contributed by atoms with Crippen molar-refractivity contribution in [3.05, 3.63) is 59.7 Å². The largest absolute Gasteiger partial charge is 0.507 e. The molecule has 0 spiro atoms. The molecule has 5 heteroatoms. The van der Waals surface area contributed by atoms with Gasteiger partial charge in [-0.1, -0.05) is 24.3 Å². The van der Waals surface area contributed by atoms with E-state index in [-0.39, 0.29) is 11.5 Å². The molecule has 0 aliphatic carbocycles. The monoisotopic (exact) mass is 281 g/mol. The fraction of sp³-hybridized carbons (Fsp3) is 0.0625. The fourth-order valence-corrected chi connectivity index (χ4v) is 1.56. The summed E-state index contributed by atoms with van der Waals surface area (Å²) in [5.41, 5.74) is 1.19. The molecule has 0 heterocycles. The first-order chi connectivity index (χ1) is 10.2. The van der Waals surface area contributed by atoms with Crippen LogP contribution in [-0.2, 0) is 0 Å². The number of amidine groups is 1. The molecular weight excluding hydrogens is 266 g/mol. The number of hydrogen-bond acceptors (Lipinski definition) is 4. The highest BCUT2D eigenvalue weighted by molar-refractivity contribution is 5.95. The normalized spacial score (nSPS) is 12.3. The number of nitrogens with zero attached hydrogens (tertiary/aromatic N) is 3. The van der Waals surface area contributed by atoms with Crippen LogP contribution in [0.25, 0.3) is 0 Å². The van der Waals surface area contributed by atoms with E-state index in [0.29, 0.717) is 17.0 Å². The second-order valence-corrected chi connectivity index (χ2v) is 4.27. The Hall–Kier alpha value is -2.95. The number of benzene rings is 2. The van der Waals surface area contributed by atoms with Gasteiger partial charge in [-0.3, -0.25) is 0 Å². The summed E-state index contributed by atoms with van der Waals surface area (Å²) in [5.74, 6) is 0.739. The Morgan fingerprint density at radius 3 is 1.95 bits per heavy atom. The predicted octanol–water partition coefficient (Wildman–Crippen LogP) is 2.97. The van der Waals surface area contributed by atoms with E-state index in [1.54, 1.807) is 49.4 Å². The molecule has 2 rings (SSSR count). The van der Waals surface area contributed by atoms with Crippen molar-refractivity contribution in [1.82, 2.24) is 0 Å². The zero-order valence-electron chi connectivity index (χ0n) is 11.5. The van der Waals surface area contributed by atoms with Gasteiger partial charge in [-0.2, -0.15) is 5.10 Å². The van der Waals surface area contributed by atoms with Crippen LogP contribution >= 0.6 is 0 Å². The number of aliphatic imine (C=N–C) groups is 1. The van der Waals surface area contributed by atoms with Crippen LogP contribution in [-0.4, -0.2) is 28.5 Å². The third-order valence-corrected chi connectivity index (χ3v) is 2.66. The van der Waals surface area contributed by atoms with E-state index in [4.69, 9.17) is 0 Å². The lowest BCUT2D eigenvalue weighted by Crippen LogP contribution is -1.89. The third kappa shape index (κ3) is 4.28. The van der Waals surface area contributed by atoms with Gasteiger partial charge in [0.15, 0.2) is 0 Å². The van der Waals surface area contributed by atoms with E-state index in [0.717, 1.165) is 0 Å². The fourth-order valence-electron chi connectivity index (χ4n) is 1.56. The Bertz CT molecular complexity index is 706. The van der Waals surface area contributed by atoms with Crippen LogP contribution in [0.2, 0.25) is 0 Å². The second kappa shape index (κ2) is 7.00. The molecule has 21 heavy (non-hydrogen) atoms. The van der Waals surface area contributed by atoms with Crippen molar-refractivity contribution >= 4 is 18.3 Å². The lowest BCUT2D eigenvalue weighted by molar-refractivity contribution is 0.474. The van der Waals surface area contributed by atoms with E-state index in [1.165, 1.54) is 12.4 Å². The van der Waals surface area contributed by atoms with Gasteiger partial charge in [-0.05, 0) is 31.2 Å². The van der Waals surface area contributed by atoms with Crippen LogP contribution in [0.4, 0.5) is 0 Å². The molecule has 0 saturated heterocycles. The first-order valence-corrected chi connectivity index (χ1v) is 6.34. The van der Waals surface area contributed by atoms with Crippen LogP contribution in [0.1, 0.15) is 18.1 Å². The van der Waals surface area contributed by atoms with Crippen molar-refractivity contribution in [2.24, 2.45) is 15.2 Å². The van der Waals surface area contributed by atoms with Crippen molar-refractivity contribution in [3.8, 4) is 11.5 Å². The summed E-state index contributed by atoms with van der Waals surface area (Å²) in [5, 5.41) is 26.9. The lowest BCUT2D eigenvalue weighted by atomic mass is 10.2. The first kappa shape index (κ1) is 14.5. The molecule has 0 aromatic heterocycles. The molecule has 2 aromatic rings. The third-order valence-electron chi connectivity index (χ3n) is 2.66. The summed E-state index contributed by atoms with van der Waals surface area (Å²) >= 11 is 0. The van der Waals surface area contributed by atoms with Crippen LogP contribution < -0.4 is 0 Å². The first-order valence-electron chi connectivity index (χ1n) is 6.34. The molecule has 0 bridgehead atoms. The zero-order chi connectivity index (χ0) is 15.1. The highest BCUT2D eigenvalue weighted by Gasteiger charge is 1.95. The van der Waals surface area contributed by atoms with Gasteiger partial charge in [-0.25, -0.2) is 4.99 Å². The summed E-state index contributed by atoms with van der Waals surface area (Å²) in [6.07, 6.45) is 2.97. The van der Waals surface area contributed by atoms with Crippen molar-refractivity contribution in [2.45, 2.75) is 6.92 Å². The molecule has 106 valence electrons. The van der Waals surface area contributed by atoms with Gasteiger partial charge in [0.25, 0.3) is 0 Å². The zero-order valence-corrected chi connectivity index (χ0v) is 11.5. The number of phenolic OH excluding ortho intramolecular Hbond substituents is 2. The molecule has 0 fully saturated rings. The van der Waals surface area contributed by atoms with Gasteiger partial charge < -0.3 is 10.2 Å². The smallest absolute Gasteiger partial charge is 0.147 e. The van der Waals surface area contributed by atoms with E-state index in [1.807, 2.05) is 6.07 Å². The number of rotatable bonds is 3. The molecule has 0 aliphatic heterocycles. The van der Waals surface area contributed by atoms with Crippen molar-refractivity contribution in [2.75, 3.05) is 0 Å². The highest BCUT2D eigenvalue weighted by atomic mass is 16.3. The van der Waals surface area contributed by atoms with Crippen molar-refractivity contribution in [1.29, 1.82) is 0 Å². The Morgan fingerprint density at radius 2 is 1.38 bits per heavy atom. The SMILES string of the molecule is C/C(N=Cc1ccccc1O)=N\N=C\c1ccccc1O. The summed E-state index contributed by atoms with van der Waals surface area (Å²) in [7, 11) is 0. The van der Waals surface area contributed by atoms with Crippen LogP contribution in [0.3, 0.4) is 0 Å². The standard InChI is InChI=1S/C16H15N3O2/c1-12(17-10-13-6-2-4-8-15(13)20)19-18-11-14-7-3-5-9-16(14)21/h2-11,20-21H,1H3/b17-10?,18-11+,19-12+. The molecule has 0 saturated carbocycles. The Balaban J connectivity index is 2.05. The maximum absolute atomic E-state index is 9.59. The van der Waals surface area contributed by atoms with Gasteiger partial charge in [0.05, 0.1) is 6.21 Å². The summed E-state index contributed by atoms with van der Waals surface area (Å²) in [6.45, 7) is 1.69. The molecule has 2 N–H and O–H groups in total. The maximum Gasteiger partial charge on any atom is 0.147 e. The number of phenols is 2. The second-order valence-electron chi connectivity index (χ2n) is 4.27. The van der Waals surface area contributed by atoms with Crippen LogP contribution in [0, 0.1) is 0 Å². The molecule has 0 aliphatic rings. The quantitative estimate of drug-likeness (QED) is 0.515. The van der Waals surface area contributed by atoms with Crippen LogP contribution in [0.5, 0.6) is 11.5 Å². The minimum atomic E-state index is 0.145. The number of para-hydroxylation sites is 2. The molecule has 5 nitrogen and oxygen atoms in total. The van der Waals surface area contributed by atoms with E-state index in [9.17, 15) is 10.2 Å². The van der Waals surface area contributed by atoms with E-state index in [2.05, 4.69) is 15.2 Å². The van der Waals surface area contributed by atoms with Crippen LogP contribution in [0.15, 0.2) is 63.7 Å². The summed E-state index contributed by atoms with van der Waals surface area (Å²) in [6, 6.07) is 13.7. The van der Waals surface area contributed by atoms with E-state index < -0.39 is 0 Å². The maximum atomic E-state index is 9.59. The molecule has 2 aromatic carbocycles. The van der Waals surface area contributed by atoms with Crippen molar-refractivity contribution in [3.63, 3.8) is 0 Å². The minimum Gasteiger partial charge on any atom is -0.507 e. The average molecular weight is 281 g/mol. The minimum absolute atomic E-state index is 0.145. The molecule has 0 amide bonds. The van der Waals surface area contributed by atoms with Crippen molar-refractivity contribution < 1.29 is 10.2 Å². The van der Waals surface area contributed by atoms with Gasteiger partial charge in [-0.15, -0.1) is 5.10 Å². The Labute approximate surface area is 122 Å². The molecule has 0 atom stereocenters. The van der Waals surface area contributed by atoms with Gasteiger partial charge in [0.1, 0.15) is 17.3 Å². The van der Waals surface area contributed by atoms with Gasteiger partial charge in [0, 0.05) is 17.3 Å². The summed E-state index contributed by atoms with van der Waals surface area (Å²) < 4.78 is 0. The van der Waals surface area contributed by atoms with E-state index >= 15 is 0 Å².